The summed E-state index contributed by atoms with van der Waals surface area (Å²) in [4.78, 5) is 15.9. The second-order valence-corrected chi connectivity index (χ2v) is 6.10. The first kappa shape index (κ1) is 17.3. The SMILES string of the molecule is Cc1cncc(COC(=O)/C=C/c2cc(Cl)c3c(c2)OCCCO3)c1. The third kappa shape index (κ3) is 4.73. The third-order valence-corrected chi connectivity index (χ3v) is 3.83. The Bertz CT molecular complexity index is 804. The summed E-state index contributed by atoms with van der Waals surface area (Å²) in [5, 5.41) is 0.457. The molecule has 1 aromatic heterocycles. The fourth-order valence-electron chi connectivity index (χ4n) is 2.41. The first-order valence-electron chi connectivity index (χ1n) is 7.96. The van der Waals surface area contributed by atoms with Crippen LogP contribution in [0.5, 0.6) is 11.5 Å². The molecule has 130 valence electrons. The van der Waals surface area contributed by atoms with E-state index in [1.807, 2.05) is 13.0 Å². The summed E-state index contributed by atoms with van der Waals surface area (Å²) >= 11 is 6.23. The highest BCUT2D eigenvalue weighted by Crippen LogP contribution is 2.38. The lowest BCUT2D eigenvalue weighted by atomic mass is 10.2. The van der Waals surface area contributed by atoms with Crippen molar-refractivity contribution >= 4 is 23.6 Å². The quantitative estimate of drug-likeness (QED) is 0.611. The van der Waals surface area contributed by atoms with Gasteiger partial charge in [-0.3, -0.25) is 4.98 Å². The lowest BCUT2D eigenvalue weighted by Crippen LogP contribution is -2.01. The molecule has 1 aliphatic rings. The zero-order chi connectivity index (χ0) is 17.6. The van der Waals surface area contributed by atoms with Gasteiger partial charge >= 0.3 is 5.97 Å². The number of aryl methyl sites for hydroxylation is 1. The number of esters is 1. The number of hydrogen-bond donors (Lipinski definition) is 0. The summed E-state index contributed by atoms with van der Waals surface area (Å²) in [6, 6.07) is 5.44. The van der Waals surface area contributed by atoms with Crippen molar-refractivity contribution in [2.24, 2.45) is 0 Å². The van der Waals surface area contributed by atoms with E-state index in [0.717, 1.165) is 23.1 Å². The molecule has 0 saturated carbocycles. The van der Waals surface area contributed by atoms with Crippen molar-refractivity contribution in [1.29, 1.82) is 0 Å². The number of pyridine rings is 1. The van der Waals surface area contributed by atoms with Crippen LogP contribution in [0.3, 0.4) is 0 Å². The molecule has 6 heteroatoms. The van der Waals surface area contributed by atoms with E-state index in [2.05, 4.69) is 4.98 Å². The average molecular weight is 360 g/mol. The number of carbonyl (C=O) groups is 1. The van der Waals surface area contributed by atoms with Crippen molar-refractivity contribution in [2.75, 3.05) is 13.2 Å². The number of aromatic nitrogens is 1. The van der Waals surface area contributed by atoms with Gasteiger partial charge in [-0.2, -0.15) is 0 Å². The minimum atomic E-state index is -0.440. The van der Waals surface area contributed by atoms with Crippen molar-refractivity contribution < 1.29 is 19.0 Å². The summed E-state index contributed by atoms with van der Waals surface area (Å²) < 4.78 is 16.4. The van der Waals surface area contributed by atoms with E-state index >= 15 is 0 Å². The summed E-state index contributed by atoms with van der Waals surface area (Å²) in [6.45, 7) is 3.26. The van der Waals surface area contributed by atoms with Gasteiger partial charge in [0.2, 0.25) is 0 Å². The van der Waals surface area contributed by atoms with Gasteiger partial charge < -0.3 is 14.2 Å². The van der Waals surface area contributed by atoms with E-state index in [4.69, 9.17) is 25.8 Å². The van der Waals surface area contributed by atoms with Crippen molar-refractivity contribution in [3.8, 4) is 11.5 Å². The van der Waals surface area contributed by atoms with E-state index < -0.39 is 5.97 Å². The monoisotopic (exact) mass is 359 g/mol. The van der Waals surface area contributed by atoms with Crippen LogP contribution in [0.25, 0.3) is 6.08 Å². The van der Waals surface area contributed by atoms with Gasteiger partial charge in [-0.15, -0.1) is 0 Å². The molecule has 0 atom stereocenters. The lowest BCUT2D eigenvalue weighted by molar-refractivity contribution is -0.138. The highest BCUT2D eigenvalue weighted by molar-refractivity contribution is 6.32. The van der Waals surface area contributed by atoms with Crippen LogP contribution in [-0.4, -0.2) is 24.2 Å². The number of benzene rings is 1. The molecule has 2 heterocycles. The van der Waals surface area contributed by atoms with Gasteiger partial charge in [0.25, 0.3) is 0 Å². The number of ether oxygens (including phenoxy) is 3. The van der Waals surface area contributed by atoms with E-state index in [-0.39, 0.29) is 6.61 Å². The van der Waals surface area contributed by atoms with E-state index in [9.17, 15) is 4.79 Å². The molecular formula is C19H18ClNO4. The molecule has 0 aliphatic carbocycles. The molecule has 0 spiro atoms. The number of halogens is 1. The number of fused-ring (bicyclic) bond motifs is 1. The zero-order valence-corrected chi connectivity index (χ0v) is 14.6. The molecule has 2 aromatic rings. The minimum absolute atomic E-state index is 0.180. The number of carbonyl (C=O) groups excluding carboxylic acids is 1. The first-order chi connectivity index (χ1) is 12.1. The number of nitrogens with zero attached hydrogens (tertiary/aromatic N) is 1. The molecule has 0 amide bonds. The van der Waals surface area contributed by atoms with Crippen molar-refractivity contribution in [3.05, 3.63) is 58.4 Å². The Morgan fingerprint density at radius 2 is 2.12 bits per heavy atom. The Balaban J connectivity index is 1.64. The van der Waals surface area contributed by atoms with E-state index in [1.165, 1.54) is 6.08 Å². The molecule has 0 N–H and O–H groups in total. The normalized spacial score (nSPS) is 13.5. The maximum absolute atomic E-state index is 11.9. The Labute approximate surface area is 151 Å². The highest BCUT2D eigenvalue weighted by Gasteiger charge is 2.15. The molecule has 0 unspecified atom stereocenters. The van der Waals surface area contributed by atoms with Crippen LogP contribution in [-0.2, 0) is 16.1 Å². The molecule has 0 saturated heterocycles. The van der Waals surface area contributed by atoms with Gasteiger partial charge in [-0.05, 0) is 42.3 Å². The predicted octanol–water partition coefficient (Wildman–Crippen LogP) is 3.96. The largest absolute Gasteiger partial charge is 0.489 e. The van der Waals surface area contributed by atoms with E-state index in [1.54, 1.807) is 30.6 Å². The van der Waals surface area contributed by atoms with Crippen LogP contribution in [0, 0.1) is 6.92 Å². The van der Waals surface area contributed by atoms with Gasteiger partial charge in [-0.1, -0.05) is 11.6 Å². The van der Waals surface area contributed by atoms with Crippen LogP contribution < -0.4 is 9.47 Å². The summed E-state index contributed by atoms with van der Waals surface area (Å²) in [7, 11) is 0. The Morgan fingerprint density at radius 1 is 1.28 bits per heavy atom. The standard InChI is InChI=1S/C19H18ClNO4/c1-13-7-15(11-21-10-13)12-25-18(22)4-3-14-8-16(20)19-17(9-14)23-5-2-6-24-19/h3-4,7-11H,2,5-6,12H2,1H3/b4-3+. The maximum Gasteiger partial charge on any atom is 0.331 e. The molecule has 3 rings (SSSR count). The zero-order valence-electron chi connectivity index (χ0n) is 13.8. The lowest BCUT2D eigenvalue weighted by Gasteiger charge is -2.10. The van der Waals surface area contributed by atoms with Gasteiger partial charge in [0, 0.05) is 30.5 Å². The number of hydrogen-bond acceptors (Lipinski definition) is 5. The summed E-state index contributed by atoms with van der Waals surface area (Å²) in [5.41, 5.74) is 2.61. The van der Waals surface area contributed by atoms with Crippen LogP contribution in [0.15, 0.2) is 36.7 Å². The van der Waals surface area contributed by atoms with Crippen molar-refractivity contribution in [2.45, 2.75) is 20.0 Å². The maximum atomic E-state index is 11.9. The second-order valence-electron chi connectivity index (χ2n) is 5.69. The Morgan fingerprint density at radius 3 is 2.96 bits per heavy atom. The molecule has 5 nitrogen and oxygen atoms in total. The predicted molar refractivity (Wildman–Crippen MR) is 94.9 cm³/mol. The van der Waals surface area contributed by atoms with Gasteiger partial charge in [-0.25, -0.2) is 4.79 Å². The minimum Gasteiger partial charge on any atom is -0.489 e. The van der Waals surface area contributed by atoms with Crippen LogP contribution >= 0.6 is 11.6 Å². The van der Waals surface area contributed by atoms with Crippen molar-refractivity contribution in [1.82, 2.24) is 4.98 Å². The smallest absolute Gasteiger partial charge is 0.331 e. The van der Waals surface area contributed by atoms with Gasteiger partial charge in [0.05, 0.1) is 18.2 Å². The average Bonchev–Trinajstić information content (AvgIpc) is 2.84. The van der Waals surface area contributed by atoms with E-state index in [0.29, 0.717) is 29.7 Å². The molecule has 1 aromatic carbocycles. The first-order valence-corrected chi connectivity index (χ1v) is 8.34. The summed E-state index contributed by atoms with van der Waals surface area (Å²) in [5.74, 6) is 0.694. The summed E-state index contributed by atoms with van der Waals surface area (Å²) in [6.07, 6.45) is 7.22. The molecular weight excluding hydrogens is 342 g/mol. The van der Waals surface area contributed by atoms with Gasteiger partial charge in [0.15, 0.2) is 11.5 Å². The fourth-order valence-corrected chi connectivity index (χ4v) is 2.68. The molecule has 0 radical (unpaired) electrons. The highest BCUT2D eigenvalue weighted by atomic mass is 35.5. The topological polar surface area (TPSA) is 57.7 Å². The molecule has 1 aliphatic heterocycles. The second kappa shape index (κ2) is 8.03. The Kier molecular flexibility index (Phi) is 5.56. The Hall–Kier alpha value is -2.53. The molecule has 25 heavy (non-hydrogen) atoms. The van der Waals surface area contributed by atoms with Crippen LogP contribution in [0.1, 0.15) is 23.1 Å². The van der Waals surface area contributed by atoms with Crippen LogP contribution in [0.4, 0.5) is 0 Å². The fraction of sp³-hybridized carbons (Fsp3) is 0.263. The molecule has 0 bridgehead atoms. The van der Waals surface area contributed by atoms with Crippen molar-refractivity contribution in [3.63, 3.8) is 0 Å². The molecule has 0 fully saturated rings. The third-order valence-electron chi connectivity index (χ3n) is 3.55. The van der Waals surface area contributed by atoms with Crippen LogP contribution in [0.2, 0.25) is 5.02 Å². The van der Waals surface area contributed by atoms with Gasteiger partial charge in [0.1, 0.15) is 6.61 Å². The number of rotatable bonds is 4.